The molecule has 5 rings (SSSR count). The number of hydrogen-bond donors (Lipinski definition) is 3. The summed E-state index contributed by atoms with van der Waals surface area (Å²) in [6, 6.07) is 5.99. The van der Waals surface area contributed by atoms with Crippen molar-refractivity contribution in [3.63, 3.8) is 0 Å². The summed E-state index contributed by atoms with van der Waals surface area (Å²) in [5.41, 5.74) is -0.0268. The Kier molecular flexibility index (Phi) is 11.1. The number of carbonyl (C=O) groups excluding carboxylic acids is 5. The fourth-order valence-electron chi connectivity index (χ4n) is 6.77. The van der Waals surface area contributed by atoms with Crippen LogP contribution in [0.3, 0.4) is 0 Å². The standard InChI is InChI=1S/C36H48N6O7/c1-5-7-26(30(44)33(46)38-25-10-11-25)39-32(45)28-19-36(18-27(41-49-36)24-9-6-8-23(16-24)20-37)21-42(28)34(47)31(35(2,3)4)40-29(43)17-22-12-14-48-15-13-22/h6,8-9,16,22,25-26,28,31H,5,7,10-15,17-19,21H2,1-4H3,(H,38,46)(H,39,45)(H,40,43)/t26-,28-,31+,36+/m0/s1. The number of hydrogen-bond acceptors (Lipinski definition) is 9. The molecular weight excluding hydrogens is 628 g/mol. The normalized spacial score (nSPS) is 23.5. The van der Waals surface area contributed by atoms with Gasteiger partial charge in [-0.15, -0.1) is 0 Å². The van der Waals surface area contributed by atoms with Crippen LogP contribution < -0.4 is 16.0 Å². The predicted molar refractivity (Wildman–Crippen MR) is 179 cm³/mol. The van der Waals surface area contributed by atoms with Gasteiger partial charge < -0.3 is 30.4 Å². The Morgan fingerprint density at radius 1 is 1.10 bits per heavy atom. The molecule has 1 saturated carbocycles. The van der Waals surface area contributed by atoms with Crippen molar-refractivity contribution >= 4 is 35.1 Å². The maximum Gasteiger partial charge on any atom is 0.289 e. The second kappa shape index (κ2) is 15.1. The molecule has 2 saturated heterocycles. The van der Waals surface area contributed by atoms with Crippen molar-refractivity contribution in [3.05, 3.63) is 35.4 Å². The molecule has 0 bridgehead atoms. The number of amides is 4. The summed E-state index contributed by atoms with van der Waals surface area (Å²) in [5.74, 6) is -2.57. The molecule has 3 fully saturated rings. The van der Waals surface area contributed by atoms with Gasteiger partial charge in [-0.05, 0) is 55.6 Å². The van der Waals surface area contributed by atoms with Crippen LogP contribution in [0.2, 0.25) is 0 Å². The number of ether oxygens (including phenoxy) is 1. The van der Waals surface area contributed by atoms with Gasteiger partial charge in [-0.25, -0.2) is 0 Å². The lowest BCUT2D eigenvalue weighted by Gasteiger charge is -2.36. The van der Waals surface area contributed by atoms with E-state index in [9.17, 15) is 29.2 Å². The molecule has 49 heavy (non-hydrogen) atoms. The second-order valence-corrected chi connectivity index (χ2v) is 15.0. The van der Waals surface area contributed by atoms with E-state index in [0.717, 1.165) is 25.7 Å². The first kappa shape index (κ1) is 36.0. The molecule has 1 aromatic carbocycles. The first-order valence-electron chi connectivity index (χ1n) is 17.4. The SMILES string of the molecule is CCC[C@H](NC(=O)[C@@H]1C[C@]2(CC(c3cccc(C#N)c3)=NO2)CN1C(=O)[C@@H](NC(=O)CC1CCOCC1)C(C)(C)C)C(=O)C(=O)NC1CC1. The van der Waals surface area contributed by atoms with E-state index in [1.807, 2.05) is 33.8 Å². The highest BCUT2D eigenvalue weighted by Gasteiger charge is 2.55. The van der Waals surface area contributed by atoms with E-state index in [1.54, 1.807) is 18.2 Å². The van der Waals surface area contributed by atoms with Crippen molar-refractivity contribution in [2.24, 2.45) is 16.5 Å². The van der Waals surface area contributed by atoms with Crippen LogP contribution in [-0.4, -0.2) is 89.6 Å². The van der Waals surface area contributed by atoms with Crippen LogP contribution >= 0.6 is 0 Å². The fourth-order valence-corrected chi connectivity index (χ4v) is 6.77. The zero-order valence-corrected chi connectivity index (χ0v) is 28.9. The maximum atomic E-state index is 14.5. The Morgan fingerprint density at radius 2 is 1.84 bits per heavy atom. The van der Waals surface area contributed by atoms with Crippen molar-refractivity contribution in [2.45, 2.75) is 115 Å². The van der Waals surface area contributed by atoms with Crippen molar-refractivity contribution in [1.29, 1.82) is 5.26 Å². The molecule has 1 aliphatic carbocycles. The van der Waals surface area contributed by atoms with Gasteiger partial charge in [0, 0.05) is 44.1 Å². The number of Topliss-reactive ketones (excluding diaryl/α,β-unsaturated/α-hetero) is 1. The second-order valence-electron chi connectivity index (χ2n) is 15.0. The smallest absolute Gasteiger partial charge is 0.289 e. The van der Waals surface area contributed by atoms with Gasteiger partial charge in [0.15, 0.2) is 5.60 Å². The monoisotopic (exact) mass is 676 g/mol. The van der Waals surface area contributed by atoms with Crippen molar-refractivity contribution in [3.8, 4) is 6.07 Å². The van der Waals surface area contributed by atoms with E-state index in [-0.39, 0.29) is 50.1 Å². The molecule has 3 N–H and O–H groups in total. The van der Waals surface area contributed by atoms with Crippen LogP contribution in [-0.2, 0) is 33.5 Å². The fraction of sp³-hybridized carbons (Fsp3) is 0.639. The number of nitrogens with one attached hydrogen (secondary N) is 3. The van der Waals surface area contributed by atoms with E-state index in [2.05, 4.69) is 27.2 Å². The van der Waals surface area contributed by atoms with Crippen LogP contribution in [0.25, 0.3) is 0 Å². The zero-order valence-electron chi connectivity index (χ0n) is 28.9. The topological polar surface area (TPSA) is 179 Å². The van der Waals surface area contributed by atoms with Crippen LogP contribution in [0.5, 0.6) is 0 Å². The molecule has 0 radical (unpaired) electrons. The highest BCUT2D eigenvalue weighted by atomic mass is 16.7. The number of nitrogens with zero attached hydrogens (tertiary/aromatic N) is 3. The molecule has 13 nitrogen and oxygen atoms in total. The summed E-state index contributed by atoms with van der Waals surface area (Å²) in [4.78, 5) is 75.3. The summed E-state index contributed by atoms with van der Waals surface area (Å²) in [6.45, 7) is 8.63. The van der Waals surface area contributed by atoms with Gasteiger partial charge in [-0.1, -0.05) is 51.4 Å². The quantitative estimate of drug-likeness (QED) is 0.283. The maximum absolute atomic E-state index is 14.5. The molecule has 1 spiro atoms. The number of rotatable bonds is 12. The Hall–Kier alpha value is -4.31. The molecule has 4 atom stereocenters. The van der Waals surface area contributed by atoms with E-state index >= 15 is 0 Å². The van der Waals surface area contributed by atoms with Crippen LogP contribution in [0.4, 0.5) is 0 Å². The van der Waals surface area contributed by atoms with Gasteiger partial charge >= 0.3 is 0 Å². The predicted octanol–water partition coefficient (Wildman–Crippen LogP) is 2.50. The molecule has 1 aromatic rings. The third-order valence-electron chi connectivity index (χ3n) is 9.73. The first-order valence-corrected chi connectivity index (χ1v) is 17.4. The highest BCUT2D eigenvalue weighted by molar-refractivity contribution is 6.38. The number of nitriles is 1. The molecule has 264 valence electrons. The minimum Gasteiger partial charge on any atom is -0.387 e. The minimum absolute atomic E-state index is 0.00579. The Morgan fingerprint density at radius 3 is 2.49 bits per heavy atom. The molecule has 3 aliphatic heterocycles. The average Bonchev–Trinajstić information content (AvgIpc) is 3.67. The van der Waals surface area contributed by atoms with Gasteiger partial charge in [-0.3, -0.25) is 24.0 Å². The summed E-state index contributed by atoms with van der Waals surface area (Å²) < 4.78 is 5.43. The molecule has 4 aliphatic rings. The number of carbonyl (C=O) groups is 5. The largest absolute Gasteiger partial charge is 0.387 e. The molecule has 0 unspecified atom stereocenters. The summed E-state index contributed by atoms with van der Waals surface area (Å²) in [6.07, 6.45) is 4.57. The van der Waals surface area contributed by atoms with Gasteiger partial charge in [0.05, 0.1) is 29.9 Å². The van der Waals surface area contributed by atoms with Crippen LogP contribution in [0.15, 0.2) is 29.4 Å². The number of oxime groups is 1. The number of benzene rings is 1. The van der Waals surface area contributed by atoms with E-state index < -0.39 is 52.6 Å². The molecule has 13 heteroatoms. The van der Waals surface area contributed by atoms with Gasteiger partial charge in [0.1, 0.15) is 12.1 Å². The summed E-state index contributed by atoms with van der Waals surface area (Å²) in [7, 11) is 0. The van der Waals surface area contributed by atoms with Gasteiger partial charge in [0.25, 0.3) is 5.91 Å². The van der Waals surface area contributed by atoms with Gasteiger partial charge in [-0.2, -0.15) is 5.26 Å². The highest BCUT2D eigenvalue weighted by Crippen LogP contribution is 2.40. The molecule has 0 aromatic heterocycles. The van der Waals surface area contributed by atoms with Crippen molar-refractivity contribution in [1.82, 2.24) is 20.9 Å². The lowest BCUT2D eigenvalue weighted by molar-refractivity contribution is -0.145. The lowest BCUT2D eigenvalue weighted by atomic mass is 9.85. The van der Waals surface area contributed by atoms with Crippen molar-refractivity contribution < 1.29 is 33.5 Å². The van der Waals surface area contributed by atoms with E-state index in [4.69, 9.17) is 9.57 Å². The minimum atomic E-state index is -1.07. The Balaban J connectivity index is 1.39. The van der Waals surface area contributed by atoms with E-state index in [1.165, 1.54) is 4.90 Å². The lowest BCUT2D eigenvalue weighted by Crippen LogP contribution is -2.59. The number of likely N-dealkylation sites (tertiary alicyclic amines) is 1. The Bertz CT molecular complexity index is 1520. The third kappa shape index (κ3) is 8.84. The molecule has 3 heterocycles. The van der Waals surface area contributed by atoms with E-state index in [0.29, 0.717) is 36.5 Å². The number of ketones is 1. The van der Waals surface area contributed by atoms with Crippen molar-refractivity contribution in [2.75, 3.05) is 19.8 Å². The van der Waals surface area contributed by atoms with Crippen LogP contribution in [0.1, 0.15) is 96.6 Å². The van der Waals surface area contributed by atoms with Crippen LogP contribution in [0, 0.1) is 22.7 Å². The first-order chi connectivity index (χ1) is 23.3. The van der Waals surface area contributed by atoms with Gasteiger partial charge in [0.2, 0.25) is 23.5 Å². The summed E-state index contributed by atoms with van der Waals surface area (Å²) >= 11 is 0. The molecular formula is C36H48N6O7. The third-order valence-corrected chi connectivity index (χ3v) is 9.73. The Labute approximate surface area is 287 Å². The summed E-state index contributed by atoms with van der Waals surface area (Å²) in [5, 5.41) is 22.2. The zero-order chi connectivity index (χ0) is 35.3. The molecule has 4 amide bonds. The average molecular weight is 677 g/mol.